The van der Waals surface area contributed by atoms with Gasteiger partial charge in [0, 0.05) is 18.5 Å². The molecule has 0 radical (unpaired) electrons. The van der Waals surface area contributed by atoms with Gasteiger partial charge in [0.05, 0.1) is 10.8 Å². The second-order valence-corrected chi connectivity index (χ2v) is 9.67. The van der Waals surface area contributed by atoms with Crippen LogP contribution in [0.4, 0.5) is 0 Å². The third-order valence-electron chi connectivity index (χ3n) is 4.74. The molecule has 1 aromatic rings. The molecule has 1 unspecified atom stereocenters. The summed E-state index contributed by atoms with van der Waals surface area (Å²) in [4.78, 5) is 12.0. The molecule has 2 heterocycles. The van der Waals surface area contributed by atoms with Crippen molar-refractivity contribution in [2.24, 2.45) is 0 Å². The fraction of sp³-hybridized carbons (Fsp3) is 0.421. The van der Waals surface area contributed by atoms with Crippen molar-refractivity contribution in [3.8, 4) is 5.75 Å². The number of allylic oxidation sites excluding steroid dienone is 1. The molecule has 0 bridgehead atoms. The lowest BCUT2D eigenvalue weighted by atomic mass is 9.86. The molecule has 4 rings (SSSR count). The molecule has 1 aromatic carbocycles. The molecular formula is C19H21NO3S. The lowest BCUT2D eigenvalue weighted by Gasteiger charge is -2.43. The summed E-state index contributed by atoms with van der Waals surface area (Å²) in [5, 5.41) is 0. The Kier molecular flexibility index (Phi) is 3.55. The monoisotopic (exact) mass is 343 g/mol. The minimum Gasteiger partial charge on any atom is -0.489 e. The maximum Gasteiger partial charge on any atom is 0.160 e. The highest BCUT2D eigenvalue weighted by molar-refractivity contribution is 7.84. The standard InChI is InChI=1S/C19H21NO3S/c1-19(2,3)24(22)20-10-12-8-13(21)9-15(12)16-11-23-17-7-5-4-6-14(17)18(16)20/h4-8,18H,9-11H2,1-3H3/t18-,24?/m1/s1. The summed E-state index contributed by atoms with van der Waals surface area (Å²) in [5.74, 6) is 0.980. The molecule has 5 heteroatoms. The third kappa shape index (κ3) is 2.38. The zero-order valence-electron chi connectivity index (χ0n) is 14.2. The number of rotatable bonds is 1. The molecule has 126 valence electrons. The third-order valence-corrected chi connectivity index (χ3v) is 6.55. The smallest absolute Gasteiger partial charge is 0.160 e. The highest BCUT2D eigenvalue weighted by Gasteiger charge is 2.44. The predicted octanol–water partition coefficient (Wildman–Crippen LogP) is 3.09. The number of carbonyl (C=O) groups is 1. The van der Waals surface area contributed by atoms with Crippen LogP contribution >= 0.6 is 0 Å². The normalized spacial score (nSPS) is 24.7. The van der Waals surface area contributed by atoms with E-state index < -0.39 is 11.0 Å². The van der Waals surface area contributed by atoms with Crippen LogP contribution in [0.15, 0.2) is 47.1 Å². The molecule has 0 saturated carbocycles. The van der Waals surface area contributed by atoms with Crippen LogP contribution in [0.2, 0.25) is 0 Å². The lowest BCUT2D eigenvalue weighted by molar-refractivity contribution is -0.113. The van der Waals surface area contributed by atoms with Gasteiger partial charge in [-0.1, -0.05) is 18.2 Å². The SMILES string of the molecule is CC(C)(C)S(=O)N1CC2=CC(=O)CC2=C2COc3ccccc3[C@H]21. The molecule has 4 nitrogen and oxygen atoms in total. The van der Waals surface area contributed by atoms with Crippen molar-refractivity contribution < 1.29 is 13.7 Å². The average molecular weight is 343 g/mol. The summed E-state index contributed by atoms with van der Waals surface area (Å²) < 4.78 is 20.8. The predicted molar refractivity (Wildman–Crippen MR) is 94.0 cm³/mol. The molecule has 0 fully saturated rings. The van der Waals surface area contributed by atoms with Crippen LogP contribution in [-0.4, -0.2) is 32.2 Å². The number of ether oxygens (including phenoxy) is 1. The van der Waals surface area contributed by atoms with Crippen LogP contribution in [0.5, 0.6) is 5.75 Å². The van der Waals surface area contributed by atoms with Gasteiger partial charge in [0.2, 0.25) is 0 Å². The van der Waals surface area contributed by atoms with Crippen molar-refractivity contribution >= 4 is 16.8 Å². The zero-order chi connectivity index (χ0) is 17.1. The summed E-state index contributed by atoms with van der Waals surface area (Å²) in [7, 11) is -1.18. The maximum atomic E-state index is 13.2. The van der Waals surface area contributed by atoms with Crippen LogP contribution in [0, 0.1) is 0 Å². The molecular weight excluding hydrogens is 322 g/mol. The lowest BCUT2D eigenvalue weighted by Crippen LogP contribution is -2.45. The van der Waals surface area contributed by atoms with Crippen LogP contribution in [0.1, 0.15) is 38.8 Å². The maximum absolute atomic E-state index is 13.2. The largest absolute Gasteiger partial charge is 0.489 e. The Bertz CT molecular complexity index is 816. The van der Waals surface area contributed by atoms with E-state index in [9.17, 15) is 9.00 Å². The minimum atomic E-state index is -1.18. The first-order valence-electron chi connectivity index (χ1n) is 8.22. The summed E-state index contributed by atoms with van der Waals surface area (Å²) in [5.41, 5.74) is 4.24. The van der Waals surface area contributed by atoms with Gasteiger partial charge in [-0.05, 0) is 49.6 Å². The van der Waals surface area contributed by atoms with E-state index in [1.165, 1.54) is 0 Å². The number of carbonyl (C=O) groups excluding carboxylic acids is 1. The van der Waals surface area contributed by atoms with E-state index in [1.807, 2.05) is 49.3 Å². The van der Waals surface area contributed by atoms with Crippen LogP contribution in [-0.2, 0) is 15.8 Å². The molecule has 24 heavy (non-hydrogen) atoms. The quantitative estimate of drug-likeness (QED) is 0.787. The second-order valence-electron chi connectivity index (χ2n) is 7.48. The van der Waals surface area contributed by atoms with E-state index >= 15 is 0 Å². The van der Waals surface area contributed by atoms with Gasteiger partial charge in [-0.15, -0.1) is 0 Å². The van der Waals surface area contributed by atoms with Gasteiger partial charge in [-0.3, -0.25) is 4.79 Å². The van der Waals surface area contributed by atoms with Crippen molar-refractivity contribution in [3.63, 3.8) is 0 Å². The Hall–Kier alpha value is -1.72. The number of benzene rings is 1. The van der Waals surface area contributed by atoms with Crippen molar-refractivity contribution in [2.45, 2.75) is 38.0 Å². The van der Waals surface area contributed by atoms with E-state index in [0.29, 0.717) is 19.6 Å². The van der Waals surface area contributed by atoms with Gasteiger partial charge in [0.1, 0.15) is 23.3 Å². The number of nitrogens with zero attached hydrogens (tertiary/aromatic N) is 1. The van der Waals surface area contributed by atoms with Gasteiger partial charge in [-0.2, -0.15) is 0 Å². The summed E-state index contributed by atoms with van der Waals surface area (Å²) in [6.45, 7) is 6.97. The van der Waals surface area contributed by atoms with E-state index in [0.717, 1.165) is 28.0 Å². The number of ketones is 1. The zero-order valence-corrected chi connectivity index (χ0v) is 15.0. The first-order chi connectivity index (χ1) is 11.4. The number of para-hydroxylation sites is 1. The van der Waals surface area contributed by atoms with Crippen LogP contribution in [0.25, 0.3) is 0 Å². The Morgan fingerprint density at radius 3 is 2.75 bits per heavy atom. The minimum absolute atomic E-state index is 0.0759. The molecule has 1 aliphatic carbocycles. The molecule has 2 atom stereocenters. The van der Waals surface area contributed by atoms with Crippen LogP contribution in [0.3, 0.4) is 0 Å². The Balaban J connectivity index is 1.90. The molecule has 0 N–H and O–H groups in total. The summed E-state index contributed by atoms with van der Waals surface area (Å²) in [6, 6.07) is 7.86. The number of hydrogen-bond donors (Lipinski definition) is 0. The highest BCUT2D eigenvalue weighted by Crippen LogP contribution is 2.48. The average Bonchev–Trinajstić information content (AvgIpc) is 2.92. The van der Waals surface area contributed by atoms with E-state index in [4.69, 9.17) is 4.74 Å². The fourth-order valence-corrected chi connectivity index (χ4v) is 5.08. The second kappa shape index (κ2) is 5.39. The van der Waals surface area contributed by atoms with E-state index in [-0.39, 0.29) is 16.6 Å². The van der Waals surface area contributed by atoms with Crippen molar-refractivity contribution in [1.82, 2.24) is 4.31 Å². The Labute approximate surface area is 144 Å². The van der Waals surface area contributed by atoms with Crippen molar-refractivity contribution in [2.75, 3.05) is 13.2 Å². The number of fused-ring (bicyclic) bond motifs is 4. The van der Waals surface area contributed by atoms with Gasteiger partial charge in [0.25, 0.3) is 0 Å². The summed E-state index contributed by atoms with van der Waals surface area (Å²) >= 11 is 0. The molecule has 0 amide bonds. The number of hydrogen-bond acceptors (Lipinski definition) is 3. The Morgan fingerprint density at radius 1 is 1.25 bits per heavy atom. The molecule has 0 spiro atoms. The van der Waals surface area contributed by atoms with Crippen molar-refractivity contribution in [1.29, 1.82) is 0 Å². The van der Waals surface area contributed by atoms with Gasteiger partial charge in [-0.25, -0.2) is 8.51 Å². The first kappa shape index (κ1) is 15.8. The molecule has 0 aromatic heterocycles. The van der Waals surface area contributed by atoms with Crippen LogP contribution < -0.4 is 4.74 Å². The highest BCUT2D eigenvalue weighted by atomic mass is 32.2. The Morgan fingerprint density at radius 2 is 2.00 bits per heavy atom. The van der Waals surface area contributed by atoms with Crippen molar-refractivity contribution in [3.05, 3.63) is 52.6 Å². The van der Waals surface area contributed by atoms with E-state index in [1.54, 1.807) is 6.08 Å². The van der Waals surface area contributed by atoms with Gasteiger partial charge >= 0.3 is 0 Å². The summed E-state index contributed by atoms with van der Waals surface area (Å²) in [6.07, 6.45) is 2.16. The van der Waals surface area contributed by atoms with Gasteiger partial charge in [0.15, 0.2) is 5.78 Å². The topological polar surface area (TPSA) is 46.6 Å². The molecule has 2 aliphatic heterocycles. The molecule has 0 saturated heterocycles. The molecule has 3 aliphatic rings. The van der Waals surface area contributed by atoms with E-state index in [2.05, 4.69) is 0 Å². The first-order valence-corrected chi connectivity index (χ1v) is 9.33. The van der Waals surface area contributed by atoms with Gasteiger partial charge < -0.3 is 4.74 Å². The fourth-order valence-electron chi connectivity index (χ4n) is 3.69.